The highest BCUT2D eigenvalue weighted by Gasteiger charge is 2.46. The van der Waals surface area contributed by atoms with Gasteiger partial charge in [-0.1, -0.05) is 29.9 Å². The number of carbonyl (C=O) groups is 1. The topological polar surface area (TPSA) is 94.8 Å². The number of amides is 1. The first-order chi connectivity index (χ1) is 16.0. The number of hydrogen-bond donors (Lipinski definition) is 0. The van der Waals surface area contributed by atoms with Gasteiger partial charge in [0, 0.05) is 5.56 Å². The van der Waals surface area contributed by atoms with Gasteiger partial charge in [0.05, 0.1) is 25.2 Å². The molecule has 2 aromatic heterocycles. The SMILES string of the molecule is CCc1nnc(N2C(=O)c3oc4ccc(C)cc4c(=O)c3C2c2cc(OC)ccc2OC)s1. The fraction of sp³-hybridized carbons (Fsp3) is 0.250. The van der Waals surface area contributed by atoms with E-state index in [1.807, 2.05) is 19.9 Å². The summed E-state index contributed by atoms with van der Waals surface area (Å²) in [5, 5.41) is 10.0. The average molecular weight is 464 g/mol. The predicted molar refractivity (Wildman–Crippen MR) is 125 cm³/mol. The first kappa shape index (κ1) is 21.1. The van der Waals surface area contributed by atoms with Crippen molar-refractivity contribution in [2.75, 3.05) is 19.1 Å². The lowest BCUT2D eigenvalue weighted by Crippen LogP contribution is -2.29. The van der Waals surface area contributed by atoms with Crippen molar-refractivity contribution in [1.29, 1.82) is 0 Å². The molecular formula is C24H21N3O5S. The van der Waals surface area contributed by atoms with Gasteiger partial charge in [0.2, 0.25) is 10.9 Å². The maximum atomic E-state index is 13.8. The minimum Gasteiger partial charge on any atom is -0.497 e. The molecule has 168 valence electrons. The summed E-state index contributed by atoms with van der Waals surface area (Å²) in [6.45, 7) is 3.87. The molecule has 0 bridgehead atoms. The molecular weight excluding hydrogens is 442 g/mol. The second-order valence-electron chi connectivity index (χ2n) is 7.69. The number of benzene rings is 2. The molecule has 1 aliphatic heterocycles. The van der Waals surface area contributed by atoms with Gasteiger partial charge < -0.3 is 13.9 Å². The van der Waals surface area contributed by atoms with Crippen LogP contribution >= 0.6 is 11.3 Å². The zero-order valence-corrected chi connectivity index (χ0v) is 19.4. The van der Waals surface area contributed by atoms with Gasteiger partial charge in [0.15, 0.2) is 5.43 Å². The van der Waals surface area contributed by atoms with Crippen LogP contribution in [-0.2, 0) is 6.42 Å². The van der Waals surface area contributed by atoms with Crippen LogP contribution in [0.25, 0.3) is 11.0 Å². The van der Waals surface area contributed by atoms with Crippen molar-refractivity contribution >= 4 is 33.3 Å². The smallest absolute Gasteiger partial charge is 0.297 e. The number of hydrogen-bond acceptors (Lipinski definition) is 8. The number of fused-ring (bicyclic) bond motifs is 2. The Hall–Kier alpha value is -3.72. The van der Waals surface area contributed by atoms with Crippen LogP contribution in [-0.4, -0.2) is 30.3 Å². The minimum absolute atomic E-state index is 0.000487. The predicted octanol–water partition coefficient (Wildman–Crippen LogP) is 4.28. The van der Waals surface area contributed by atoms with E-state index in [0.29, 0.717) is 39.6 Å². The number of aromatic nitrogens is 2. The normalized spacial score (nSPS) is 15.2. The molecule has 1 atom stereocenters. The van der Waals surface area contributed by atoms with Crippen LogP contribution in [0.3, 0.4) is 0 Å². The molecule has 0 saturated heterocycles. The highest BCUT2D eigenvalue weighted by molar-refractivity contribution is 7.15. The Labute approximate surface area is 193 Å². The van der Waals surface area contributed by atoms with E-state index >= 15 is 0 Å². The molecule has 0 spiro atoms. The van der Waals surface area contributed by atoms with E-state index < -0.39 is 11.9 Å². The Kier molecular flexibility index (Phi) is 5.13. The van der Waals surface area contributed by atoms with Crippen molar-refractivity contribution in [1.82, 2.24) is 10.2 Å². The zero-order chi connectivity index (χ0) is 23.3. The summed E-state index contributed by atoms with van der Waals surface area (Å²) in [6.07, 6.45) is 0.681. The van der Waals surface area contributed by atoms with Crippen molar-refractivity contribution in [3.63, 3.8) is 0 Å². The first-order valence-corrected chi connectivity index (χ1v) is 11.2. The quantitative estimate of drug-likeness (QED) is 0.436. The zero-order valence-electron chi connectivity index (χ0n) is 18.5. The number of nitrogens with zero attached hydrogens (tertiary/aromatic N) is 3. The third-order valence-corrected chi connectivity index (χ3v) is 6.79. The number of methoxy groups -OCH3 is 2. The molecule has 4 aromatic rings. The number of anilines is 1. The lowest BCUT2D eigenvalue weighted by Gasteiger charge is -2.24. The number of aryl methyl sites for hydroxylation is 2. The van der Waals surface area contributed by atoms with E-state index in [1.54, 1.807) is 44.6 Å². The van der Waals surface area contributed by atoms with E-state index in [4.69, 9.17) is 13.9 Å². The summed E-state index contributed by atoms with van der Waals surface area (Å²) in [4.78, 5) is 28.9. The van der Waals surface area contributed by atoms with Crippen LogP contribution in [0.5, 0.6) is 11.5 Å². The molecule has 0 radical (unpaired) electrons. The van der Waals surface area contributed by atoms with Gasteiger partial charge in [-0.05, 0) is 43.7 Å². The molecule has 3 heterocycles. The van der Waals surface area contributed by atoms with Gasteiger partial charge >= 0.3 is 0 Å². The van der Waals surface area contributed by atoms with Crippen molar-refractivity contribution in [2.24, 2.45) is 0 Å². The lowest BCUT2D eigenvalue weighted by atomic mass is 9.97. The van der Waals surface area contributed by atoms with Crippen molar-refractivity contribution in [3.8, 4) is 11.5 Å². The fourth-order valence-electron chi connectivity index (χ4n) is 4.12. The van der Waals surface area contributed by atoms with Gasteiger partial charge in [-0.3, -0.25) is 14.5 Å². The molecule has 5 rings (SSSR count). The lowest BCUT2D eigenvalue weighted by molar-refractivity contribution is 0.0970. The summed E-state index contributed by atoms with van der Waals surface area (Å²) in [5.41, 5.74) is 1.86. The second kappa shape index (κ2) is 8.00. The van der Waals surface area contributed by atoms with Crippen molar-refractivity contribution < 1.29 is 18.7 Å². The summed E-state index contributed by atoms with van der Waals surface area (Å²) >= 11 is 1.31. The Morgan fingerprint density at radius 2 is 1.91 bits per heavy atom. The molecule has 0 N–H and O–H groups in total. The summed E-state index contributed by atoms with van der Waals surface area (Å²) < 4.78 is 17.0. The highest BCUT2D eigenvalue weighted by Crippen LogP contribution is 2.45. The molecule has 1 aliphatic rings. The van der Waals surface area contributed by atoms with E-state index in [1.165, 1.54) is 16.2 Å². The molecule has 33 heavy (non-hydrogen) atoms. The van der Waals surface area contributed by atoms with E-state index in [-0.39, 0.29) is 16.8 Å². The molecule has 0 aliphatic carbocycles. The van der Waals surface area contributed by atoms with Crippen molar-refractivity contribution in [2.45, 2.75) is 26.3 Å². The monoisotopic (exact) mass is 463 g/mol. The first-order valence-electron chi connectivity index (χ1n) is 10.4. The molecule has 0 fully saturated rings. The van der Waals surface area contributed by atoms with Gasteiger partial charge in [-0.2, -0.15) is 0 Å². The van der Waals surface area contributed by atoms with Crippen LogP contribution in [0.2, 0.25) is 0 Å². The largest absolute Gasteiger partial charge is 0.497 e. The van der Waals surface area contributed by atoms with Crippen LogP contribution in [0.1, 0.15) is 45.2 Å². The van der Waals surface area contributed by atoms with Gasteiger partial charge in [-0.15, -0.1) is 10.2 Å². The van der Waals surface area contributed by atoms with Crippen LogP contribution in [0.4, 0.5) is 5.13 Å². The average Bonchev–Trinajstić information content (AvgIpc) is 3.41. The Morgan fingerprint density at radius 1 is 1.09 bits per heavy atom. The van der Waals surface area contributed by atoms with E-state index in [2.05, 4.69) is 10.2 Å². The summed E-state index contributed by atoms with van der Waals surface area (Å²) in [6, 6.07) is 9.79. The Bertz CT molecular complexity index is 1460. The number of carbonyl (C=O) groups excluding carboxylic acids is 1. The van der Waals surface area contributed by atoms with Crippen LogP contribution in [0, 0.1) is 6.92 Å². The maximum absolute atomic E-state index is 13.8. The second-order valence-corrected chi connectivity index (χ2v) is 8.73. The molecule has 9 heteroatoms. The fourth-order valence-corrected chi connectivity index (χ4v) is 4.92. The minimum atomic E-state index is -0.809. The Balaban J connectivity index is 1.84. The van der Waals surface area contributed by atoms with Gasteiger partial charge in [0.25, 0.3) is 5.91 Å². The third kappa shape index (κ3) is 3.27. The maximum Gasteiger partial charge on any atom is 0.297 e. The summed E-state index contributed by atoms with van der Waals surface area (Å²) in [7, 11) is 3.10. The molecule has 0 saturated carbocycles. The molecule has 1 unspecified atom stereocenters. The van der Waals surface area contributed by atoms with Crippen LogP contribution in [0.15, 0.2) is 45.6 Å². The van der Waals surface area contributed by atoms with Crippen LogP contribution < -0.4 is 19.8 Å². The third-order valence-electron chi connectivity index (χ3n) is 5.72. The van der Waals surface area contributed by atoms with Gasteiger partial charge in [0.1, 0.15) is 28.1 Å². The van der Waals surface area contributed by atoms with E-state index in [0.717, 1.165) is 10.6 Å². The standard InChI is InChI=1S/C24H21N3O5S/c1-5-18-25-26-24(33-18)27-20(14-11-13(30-3)7-9-16(14)31-4)19-21(28)15-10-12(2)6-8-17(15)32-22(19)23(27)29/h6-11,20H,5H2,1-4H3. The molecule has 8 nitrogen and oxygen atoms in total. The molecule has 1 amide bonds. The molecule has 2 aromatic carbocycles. The highest BCUT2D eigenvalue weighted by atomic mass is 32.1. The summed E-state index contributed by atoms with van der Waals surface area (Å²) in [5.74, 6) is 0.632. The Morgan fingerprint density at radius 3 is 2.61 bits per heavy atom. The van der Waals surface area contributed by atoms with E-state index in [9.17, 15) is 9.59 Å². The number of ether oxygens (including phenoxy) is 2. The number of rotatable bonds is 5. The van der Waals surface area contributed by atoms with Crippen molar-refractivity contribution in [3.05, 3.63) is 74.1 Å². The van der Waals surface area contributed by atoms with Gasteiger partial charge in [-0.25, -0.2) is 0 Å².